The number of hydrogen-bond donors (Lipinski definition) is 1. The number of nitrogens with one attached hydrogen (secondary N) is 1. The van der Waals surface area contributed by atoms with Gasteiger partial charge >= 0.3 is 0 Å². The Morgan fingerprint density at radius 3 is 3.05 bits per heavy atom. The SMILES string of the molecule is O=CCC#Cc1ccc2[nH]c3c(c2c1)CCCC3=O. The number of benzene rings is 1. The summed E-state index contributed by atoms with van der Waals surface area (Å²) < 4.78 is 0. The van der Waals surface area contributed by atoms with Gasteiger partial charge in [-0.15, -0.1) is 0 Å². The maximum absolute atomic E-state index is 11.9. The third-order valence-electron chi connectivity index (χ3n) is 3.43. The lowest BCUT2D eigenvalue weighted by Crippen LogP contribution is -2.09. The summed E-state index contributed by atoms with van der Waals surface area (Å²) in [6.45, 7) is 0. The van der Waals surface area contributed by atoms with Gasteiger partial charge in [0.25, 0.3) is 0 Å². The van der Waals surface area contributed by atoms with Crippen LogP contribution in [-0.2, 0) is 11.2 Å². The second kappa shape index (κ2) is 4.74. The minimum absolute atomic E-state index is 0.200. The largest absolute Gasteiger partial charge is 0.352 e. The quantitative estimate of drug-likeness (QED) is 0.625. The van der Waals surface area contributed by atoms with Crippen molar-refractivity contribution >= 4 is 23.0 Å². The maximum atomic E-state index is 11.9. The van der Waals surface area contributed by atoms with Crippen LogP contribution in [0.4, 0.5) is 0 Å². The number of aldehydes is 1. The molecule has 94 valence electrons. The Hall–Kier alpha value is -2.34. The van der Waals surface area contributed by atoms with Gasteiger partial charge in [-0.05, 0) is 36.6 Å². The fraction of sp³-hybridized carbons (Fsp3) is 0.250. The Balaban J connectivity index is 2.10. The van der Waals surface area contributed by atoms with Gasteiger partial charge in [0.1, 0.15) is 6.29 Å². The molecule has 0 bridgehead atoms. The monoisotopic (exact) mass is 251 g/mol. The van der Waals surface area contributed by atoms with Crippen molar-refractivity contribution in [2.75, 3.05) is 0 Å². The van der Waals surface area contributed by atoms with Gasteiger partial charge in [0.2, 0.25) is 0 Å². The lowest BCUT2D eigenvalue weighted by molar-refractivity contribution is -0.107. The molecule has 0 fully saturated rings. The van der Waals surface area contributed by atoms with Crippen LogP contribution in [0.1, 0.15) is 40.9 Å². The predicted molar refractivity (Wildman–Crippen MR) is 73.1 cm³/mol. The number of aromatic amines is 1. The summed E-state index contributed by atoms with van der Waals surface area (Å²) in [4.78, 5) is 25.3. The van der Waals surface area contributed by atoms with Gasteiger partial charge < -0.3 is 9.78 Å². The van der Waals surface area contributed by atoms with Crippen LogP contribution in [0.5, 0.6) is 0 Å². The summed E-state index contributed by atoms with van der Waals surface area (Å²) in [7, 11) is 0. The third-order valence-corrected chi connectivity index (χ3v) is 3.43. The first kappa shape index (κ1) is 11.7. The molecule has 19 heavy (non-hydrogen) atoms. The molecule has 3 nitrogen and oxygen atoms in total. The Labute approximate surface area is 111 Å². The van der Waals surface area contributed by atoms with Gasteiger partial charge in [-0.3, -0.25) is 4.79 Å². The molecule has 1 aromatic carbocycles. The molecule has 3 heteroatoms. The third kappa shape index (κ3) is 2.06. The summed E-state index contributed by atoms with van der Waals surface area (Å²) in [6, 6.07) is 5.86. The van der Waals surface area contributed by atoms with Crippen molar-refractivity contribution < 1.29 is 9.59 Å². The Morgan fingerprint density at radius 1 is 1.32 bits per heavy atom. The number of carbonyl (C=O) groups is 2. The van der Waals surface area contributed by atoms with Crippen molar-refractivity contribution in [2.24, 2.45) is 0 Å². The van der Waals surface area contributed by atoms with Gasteiger partial charge in [-0.25, -0.2) is 0 Å². The minimum atomic E-state index is 0.200. The van der Waals surface area contributed by atoms with Crippen molar-refractivity contribution in [3.05, 3.63) is 35.0 Å². The molecule has 0 saturated carbocycles. The molecule has 3 rings (SSSR count). The van der Waals surface area contributed by atoms with Crippen molar-refractivity contribution in [1.29, 1.82) is 0 Å². The van der Waals surface area contributed by atoms with E-state index < -0.39 is 0 Å². The summed E-state index contributed by atoms with van der Waals surface area (Å²) in [5.41, 5.74) is 3.75. The number of aromatic nitrogens is 1. The van der Waals surface area contributed by atoms with Crippen LogP contribution < -0.4 is 0 Å². The number of H-pyrrole nitrogens is 1. The first-order valence-electron chi connectivity index (χ1n) is 6.40. The van der Waals surface area contributed by atoms with Crippen molar-refractivity contribution in [2.45, 2.75) is 25.7 Å². The highest BCUT2D eigenvalue weighted by atomic mass is 16.1. The Bertz CT molecular complexity index is 728. The number of hydrogen-bond acceptors (Lipinski definition) is 2. The van der Waals surface area contributed by atoms with Gasteiger partial charge in [-0.1, -0.05) is 11.8 Å². The van der Waals surface area contributed by atoms with Crippen LogP contribution in [0, 0.1) is 11.8 Å². The molecule has 0 radical (unpaired) electrons. The number of aryl methyl sites for hydroxylation is 1. The molecule has 1 aromatic heterocycles. The zero-order chi connectivity index (χ0) is 13.2. The number of Topliss-reactive ketones (excluding diaryl/α,β-unsaturated/α-hetero) is 1. The lowest BCUT2D eigenvalue weighted by Gasteiger charge is -2.09. The summed E-state index contributed by atoms with van der Waals surface area (Å²) in [5.74, 6) is 5.97. The van der Waals surface area contributed by atoms with E-state index in [1.54, 1.807) is 0 Å². The van der Waals surface area contributed by atoms with Crippen molar-refractivity contribution in [1.82, 2.24) is 4.98 Å². The highest BCUT2D eigenvalue weighted by molar-refractivity contribution is 6.03. The van der Waals surface area contributed by atoms with E-state index in [0.29, 0.717) is 6.42 Å². The number of rotatable bonds is 1. The number of ketones is 1. The van der Waals surface area contributed by atoms with E-state index in [0.717, 1.165) is 46.9 Å². The molecule has 0 atom stereocenters. The van der Waals surface area contributed by atoms with Crippen LogP contribution in [0.15, 0.2) is 18.2 Å². The molecule has 1 heterocycles. The van der Waals surface area contributed by atoms with Crippen LogP contribution >= 0.6 is 0 Å². The molecule has 1 N–H and O–H groups in total. The van der Waals surface area contributed by atoms with E-state index in [9.17, 15) is 9.59 Å². The normalized spacial score (nSPS) is 13.8. The topological polar surface area (TPSA) is 49.9 Å². The molecule has 0 aliphatic heterocycles. The molecule has 0 saturated heterocycles. The molecular formula is C16H13NO2. The van der Waals surface area contributed by atoms with Crippen molar-refractivity contribution in [3.63, 3.8) is 0 Å². The Morgan fingerprint density at radius 2 is 2.21 bits per heavy atom. The first-order valence-corrected chi connectivity index (χ1v) is 6.40. The fourth-order valence-corrected chi connectivity index (χ4v) is 2.57. The highest BCUT2D eigenvalue weighted by Gasteiger charge is 2.21. The molecule has 1 aliphatic rings. The first-order chi connectivity index (χ1) is 9.29. The number of fused-ring (bicyclic) bond motifs is 3. The highest BCUT2D eigenvalue weighted by Crippen LogP contribution is 2.29. The smallest absolute Gasteiger partial charge is 0.179 e. The van der Waals surface area contributed by atoms with E-state index in [2.05, 4.69) is 16.8 Å². The van der Waals surface area contributed by atoms with Crippen LogP contribution in [0.3, 0.4) is 0 Å². The van der Waals surface area contributed by atoms with Gasteiger partial charge in [-0.2, -0.15) is 0 Å². The maximum Gasteiger partial charge on any atom is 0.179 e. The number of carbonyl (C=O) groups excluding carboxylic acids is 2. The van der Waals surface area contributed by atoms with Gasteiger partial charge in [0.05, 0.1) is 12.1 Å². The standard InChI is InChI=1S/C16H13NO2/c18-9-2-1-4-11-7-8-14-13(10-11)12-5-3-6-15(19)16(12)17-14/h7-10,17H,2-3,5-6H2. The van der Waals surface area contributed by atoms with E-state index in [4.69, 9.17) is 0 Å². The van der Waals surface area contributed by atoms with Crippen LogP contribution in [0.25, 0.3) is 10.9 Å². The van der Waals surface area contributed by atoms with E-state index >= 15 is 0 Å². The van der Waals surface area contributed by atoms with E-state index in [1.165, 1.54) is 0 Å². The van der Waals surface area contributed by atoms with Crippen LogP contribution in [-0.4, -0.2) is 17.1 Å². The summed E-state index contributed by atoms with van der Waals surface area (Å²) in [6.07, 6.45) is 3.53. The summed E-state index contributed by atoms with van der Waals surface area (Å²) in [5, 5.41) is 1.08. The molecule has 0 amide bonds. The van der Waals surface area contributed by atoms with E-state index in [1.807, 2.05) is 18.2 Å². The molecule has 0 spiro atoms. The van der Waals surface area contributed by atoms with Crippen molar-refractivity contribution in [3.8, 4) is 11.8 Å². The average Bonchev–Trinajstić information content (AvgIpc) is 2.79. The fourth-order valence-electron chi connectivity index (χ4n) is 2.57. The second-order valence-corrected chi connectivity index (χ2v) is 4.69. The van der Waals surface area contributed by atoms with Gasteiger partial charge in [0.15, 0.2) is 5.78 Å². The molecule has 0 unspecified atom stereocenters. The summed E-state index contributed by atoms with van der Waals surface area (Å²) >= 11 is 0. The average molecular weight is 251 g/mol. The Kier molecular flexibility index (Phi) is 2.92. The minimum Gasteiger partial charge on any atom is -0.352 e. The van der Waals surface area contributed by atoms with E-state index in [-0.39, 0.29) is 12.2 Å². The second-order valence-electron chi connectivity index (χ2n) is 4.69. The zero-order valence-electron chi connectivity index (χ0n) is 10.5. The van der Waals surface area contributed by atoms with Crippen LogP contribution in [0.2, 0.25) is 0 Å². The lowest BCUT2D eigenvalue weighted by atomic mass is 9.94. The molecular weight excluding hydrogens is 238 g/mol. The van der Waals surface area contributed by atoms with Gasteiger partial charge in [0, 0.05) is 22.9 Å². The predicted octanol–water partition coefficient (Wildman–Crippen LogP) is 2.63. The molecule has 1 aliphatic carbocycles. The zero-order valence-corrected chi connectivity index (χ0v) is 10.5. The molecule has 2 aromatic rings.